The van der Waals surface area contributed by atoms with Crippen LogP contribution in [-0.2, 0) is 9.73 Å². The lowest BCUT2D eigenvalue weighted by molar-refractivity contribution is 0.482. The number of benzene rings is 4. The van der Waals surface area contributed by atoms with Crippen LogP contribution in [0.25, 0.3) is 0 Å². The summed E-state index contributed by atoms with van der Waals surface area (Å²) in [7, 11) is -3.14. The zero-order chi connectivity index (χ0) is 21.8. The highest BCUT2D eigenvalue weighted by Crippen LogP contribution is 2.29. The lowest BCUT2D eigenvalue weighted by atomic mass is 10.2. The van der Waals surface area contributed by atoms with Crippen molar-refractivity contribution in [2.45, 2.75) is 23.6 Å². The minimum atomic E-state index is -3.14. The second-order valence-corrected chi connectivity index (χ2v) is 9.38. The molecule has 4 aromatic rings. The van der Waals surface area contributed by atoms with E-state index in [0.29, 0.717) is 21.3 Å². The summed E-state index contributed by atoms with van der Waals surface area (Å²) in [4.78, 5) is 0.854. The molecule has 0 atom stereocenters. The Morgan fingerprint density at radius 3 is 1.06 bits per heavy atom. The number of hydrogen-bond acceptors (Lipinski definition) is 4. The smallest absolute Gasteiger partial charge is 0.127 e. The lowest BCUT2D eigenvalue weighted by Gasteiger charge is -2.11. The minimum absolute atomic E-state index is 0.427. The van der Waals surface area contributed by atoms with Gasteiger partial charge in [-0.3, -0.25) is 0 Å². The summed E-state index contributed by atoms with van der Waals surface area (Å²) in [5.41, 5.74) is 2.32. The molecule has 0 bridgehead atoms. The summed E-state index contributed by atoms with van der Waals surface area (Å²) in [5.74, 6) is 2.72. The third-order valence-electron chi connectivity index (χ3n) is 4.82. The van der Waals surface area contributed by atoms with E-state index in [1.54, 1.807) is 48.5 Å². The van der Waals surface area contributed by atoms with E-state index in [-0.39, 0.29) is 0 Å². The van der Waals surface area contributed by atoms with Crippen LogP contribution in [0.3, 0.4) is 0 Å². The fraction of sp³-hybridized carbons (Fsp3) is 0.0769. The van der Waals surface area contributed by atoms with Crippen LogP contribution in [0.1, 0.15) is 11.1 Å². The second-order valence-electron chi connectivity index (χ2n) is 7.33. The van der Waals surface area contributed by atoms with Gasteiger partial charge in [-0.1, -0.05) is 35.4 Å². The number of aryl methyl sites for hydroxylation is 2. The van der Waals surface area contributed by atoms with Gasteiger partial charge in [0.15, 0.2) is 0 Å². The summed E-state index contributed by atoms with van der Waals surface area (Å²) in [6.07, 6.45) is 0. The molecule has 0 aromatic heterocycles. The van der Waals surface area contributed by atoms with Crippen molar-refractivity contribution in [2.24, 2.45) is 0 Å². The van der Waals surface area contributed by atoms with Crippen LogP contribution >= 0.6 is 0 Å². The van der Waals surface area contributed by atoms with Gasteiger partial charge in [0.2, 0.25) is 0 Å². The first kappa shape index (κ1) is 20.7. The van der Waals surface area contributed by atoms with Gasteiger partial charge in [0.25, 0.3) is 0 Å². The van der Waals surface area contributed by atoms with Crippen molar-refractivity contribution < 1.29 is 13.7 Å². The first-order chi connectivity index (χ1) is 14.9. The van der Waals surface area contributed by atoms with Gasteiger partial charge in [-0.05, 0) is 86.6 Å². The summed E-state index contributed by atoms with van der Waals surface area (Å²) in [5, 5.41) is 0. The van der Waals surface area contributed by atoms with E-state index in [9.17, 15) is 4.21 Å². The van der Waals surface area contributed by atoms with Crippen molar-refractivity contribution in [1.29, 1.82) is 4.78 Å². The third kappa shape index (κ3) is 4.95. The molecule has 4 rings (SSSR count). The molecule has 0 radical (unpaired) electrons. The predicted molar refractivity (Wildman–Crippen MR) is 123 cm³/mol. The molecule has 31 heavy (non-hydrogen) atoms. The molecule has 0 aliphatic rings. The fourth-order valence-electron chi connectivity index (χ4n) is 3.02. The van der Waals surface area contributed by atoms with E-state index in [4.69, 9.17) is 14.3 Å². The molecular formula is C26H23NO3S. The average Bonchev–Trinajstić information content (AvgIpc) is 2.78. The third-order valence-corrected chi connectivity index (χ3v) is 6.70. The van der Waals surface area contributed by atoms with E-state index in [2.05, 4.69) is 0 Å². The Bertz CT molecular complexity index is 1160. The molecular weight excluding hydrogens is 406 g/mol. The first-order valence-corrected chi connectivity index (χ1v) is 11.4. The Morgan fingerprint density at radius 2 is 0.774 bits per heavy atom. The number of nitrogens with one attached hydrogen (secondary N) is 1. The molecule has 0 aliphatic heterocycles. The van der Waals surface area contributed by atoms with Crippen molar-refractivity contribution in [2.75, 3.05) is 0 Å². The van der Waals surface area contributed by atoms with Crippen LogP contribution < -0.4 is 9.47 Å². The van der Waals surface area contributed by atoms with E-state index < -0.39 is 9.73 Å². The van der Waals surface area contributed by atoms with Gasteiger partial charge in [-0.2, -0.15) is 0 Å². The Labute approximate surface area is 183 Å². The Hall–Kier alpha value is -3.57. The summed E-state index contributed by atoms with van der Waals surface area (Å²) in [6.45, 7) is 4.04. The fourth-order valence-corrected chi connectivity index (χ4v) is 4.33. The minimum Gasteiger partial charge on any atom is -0.457 e. The zero-order valence-electron chi connectivity index (χ0n) is 17.4. The molecule has 4 aromatic carbocycles. The predicted octanol–water partition coefficient (Wildman–Crippen LogP) is 7.35. The zero-order valence-corrected chi connectivity index (χ0v) is 18.2. The summed E-state index contributed by atoms with van der Waals surface area (Å²) >= 11 is 0. The molecule has 0 heterocycles. The van der Waals surface area contributed by atoms with E-state index in [1.165, 1.54) is 0 Å². The van der Waals surface area contributed by atoms with Crippen LogP contribution in [-0.4, -0.2) is 4.21 Å². The molecule has 0 saturated heterocycles. The normalized spacial score (nSPS) is 11.2. The topological polar surface area (TPSA) is 59.4 Å². The van der Waals surface area contributed by atoms with Gasteiger partial charge in [0.1, 0.15) is 32.7 Å². The number of hydrogen-bond donors (Lipinski definition) is 1. The molecule has 0 saturated carbocycles. The number of ether oxygens (including phenoxy) is 2. The molecule has 156 valence electrons. The monoisotopic (exact) mass is 429 g/mol. The second kappa shape index (κ2) is 8.66. The van der Waals surface area contributed by atoms with Crippen LogP contribution in [0.15, 0.2) is 107 Å². The Morgan fingerprint density at radius 1 is 0.516 bits per heavy atom. The Balaban J connectivity index is 1.48. The molecule has 0 amide bonds. The Kier molecular flexibility index (Phi) is 5.78. The molecule has 5 heteroatoms. The van der Waals surface area contributed by atoms with Gasteiger partial charge in [0, 0.05) is 0 Å². The van der Waals surface area contributed by atoms with Gasteiger partial charge < -0.3 is 9.47 Å². The lowest BCUT2D eigenvalue weighted by Crippen LogP contribution is -2.00. The van der Waals surface area contributed by atoms with E-state index >= 15 is 0 Å². The molecule has 0 spiro atoms. The van der Waals surface area contributed by atoms with Gasteiger partial charge in [0.05, 0.1) is 9.79 Å². The van der Waals surface area contributed by atoms with Crippen molar-refractivity contribution in [3.8, 4) is 23.0 Å². The largest absolute Gasteiger partial charge is 0.457 e. The SMILES string of the molecule is Cc1ccc(Oc2ccc(S(=N)(=O)c3ccc(Oc4ccc(C)cc4)cc3)cc2)cc1. The standard InChI is InChI=1S/C26H23NO3S/c1-19-3-7-21(8-4-19)29-23-11-15-25(16-12-23)31(27,28)26-17-13-24(14-18-26)30-22-9-5-20(2)6-10-22/h3-18,27H,1-2H3. The quantitative estimate of drug-likeness (QED) is 0.348. The maximum atomic E-state index is 13.2. The van der Waals surface area contributed by atoms with Crippen LogP contribution in [0.2, 0.25) is 0 Å². The highest BCUT2D eigenvalue weighted by Gasteiger charge is 2.14. The molecule has 0 aliphatic carbocycles. The van der Waals surface area contributed by atoms with Gasteiger partial charge >= 0.3 is 0 Å². The van der Waals surface area contributed by atoms with Crippen LogP contribution in [0, 0.1) is 18.6 Å². The first-order valence-electron chi connectivity index (χ1n) is 9.88. The summed E-state index contributed by atoms with van der Waals surface area (Å²) < 4.78 is 33.3. The highest BCUT2D eigenvalue weighted by molar-refractivity contribution is 7.92. The maximum Gasteiger partial charge on any atom is 0.127 e. The maximum absolute atomic E-state index is 13.2. The van der Waals surface area contributed by atoms with Crippen molar-refractivity contribution in [3.05, 3.63) is 108 Å². The van der Waals surface area contributed by atoms with Gasteiger partial charge in [-0.15, -0.1) is 0 Å². The molecule has 1 N–H and O–H groups in total. The average molecular weight is 430 g/mol. The van der Waals surface area contributed by atoms with Crippen molar-refractivity contribution >= 4 is 9.73 Å². The van der Waals surface area contributed by atoms with Crippen molar-refractivity contribution in [1.82, 2.24) is 0 Å². The highest BCUT2D eigenvalue weighted by atomic mass is 32.2. The van der Waals surface area contributed by atoms with E-state index in [0.717, 1.165) is 22.6 Å². The van der Waals surface area contributed by atoms with Crippen molar-refractivity contribution in [3.63, 3.8) is 0 Å². The van der Waals surface area contributed by atoms with E-state index in [1.807, 2.05) is 62.4 Å². The van der Waals surface area contributed by atoms with Crippen LogP contribution in [0.4, 0.5) is 0 Å². The van der Waals surface area contributed by atoms with Gasteiger partial charge in [-0.25, -0.2) is 8.99 Å². The van der Waals surface area contributed by atoms with Crippen LogP contribution in [0.5, 0.6) is 23.0 Å². The molecule has 0 fully saturated rings. The summed E-state index contributed by atoms with van der Waals surface area (Å²) in [6, 6.07) is 29.2. The number of rotatable bonds is 6. The molecule has 0 unspecified atom stereocenters. The molecule has 4 nitrogen and oxygen atoms in total.